The van der Waals surface area contributed by atoms with Gasteiger partial charge in [0.1, 0.15) is 11.6 Å². The van der Waals surface area contributed by atoms with Crippen LogP contribution < -0.4 is 4.74 Å². The molecule has 0 aliphatic rings. The molecular weight excluding hydrogens is 275 g/mol. The van der Waals surface area contributed by atoms with E-state index in [2.05, 4.69) is 0 Å². The van der Waals surface area contributed by atoms with Crippen molar-refractivity contribution in [3.8, 4) is 5.75 Å². The Labute approximate surface area is 121 Å². The van der Waals surface area contributed by atoms with Gasteiger partial charge in [-0.2, -0.15) is 0 Å². The van der Waals surface area contributed by atoms with Crippen LogP contribution in [0.2, 0.25) is 0 Å². The van der Waals surface area contributed by atoms with Crippen LogP contribution >= 0.6 is 0 Å². The molecule has 2 aromatic rings. The topological polar surface area (TPSA) is 52.6 Å². The highest BCUT2D eigenvalue weighted by Gasteiger charge is 2.15. The second kappa shape index (κ2) is 6.65. The number of benzene rings is 2. The monoisotopic (exact) mass is 288 g/mol. The molecule has 0 saturated heterocycles. The van der Waals surface area contributed by atoms with Gasteiger partial charge in [0.2, 0.25) is 5.78 Å². The number of carbonyl (C=O) groups is 2. The van der Waals surface area contributed by atoms with E-state index in [1.54, 1.807) is 24.3 Å². The van der Waals surface area contributed by atoms with E-state index >= 15 is 0 Å². The van der Waals surface area contributed by atoms with Crippen LogP contribution in [-0.2, 0) is 4.74 Å². The molecule has 0 aliphatic heterocycles. The van der Waals surface area contributed by atoms with Crippen LogP contribution in [0, 0.1) is 5.82 Å². The van der Waals surface area contributed by atoms with Gasteiger partial charge in [-0.3, -0.25) is 4.79 Å². The summed E-state index contributed by atoms with van der Waals surface area (Å²) < 4.78 is 22.9. The fourth-order valence-corrected chi connectivity index (χ4v) is 1.78. The lowest BCUT2D eigenvalue weighted by Gasteiger charge is -2.08. The first-order valence-corrected chi connectivity index (χ1v) is 6.20. The first-order chi connectivity index (χ1) is 10.1. The third kappa shape index (κ3) is 3.66. The van der Waals surface area contributed by atoms with Crippen molar-refractivity contribution in [2.24, 2.45) is 0 Å². The van der Waals surface area contributed by atoms with Crippen molar-refractivity contribution in [3.05, 3.63) is 65.5 Å². The van der Waals surface area contributed by atoms with E-state index in [0.717, 1.165) is 6.07 Å². The van der Waals surface area contributed by atoms with Gasteiger partial charge in [0, 0.05) is 0 Å². The number of para-hydroxylation sites is 1. The summed E-state index contributed by atoms with van der Waals surface area (Å²) in [7, 11) is 1.45. The molecule has 0 heterocycles. The molecule has 2 rings (SSSR count). The second-order valence-corrected chi connectivity index (χ2v) is 4.21. The molecule has 0 bridgehead atoms. The summed E-state index contributed by atoms with van der Waals surface area (Å²) in [6, 6.07) is 11.7. The molecule has 5 heteroatoms. The van der Waals surface area contributed by atoms with Crippen molar-refractivity contribution < 1.29 is 23.5 Å². The quantitative estimate of drug-likeness (QED) is 0.627. The van der Waals surface area contributed by atoms with Crippen LogP contribution in [0.25, 0.3) is 0 Å². The van der Waals surface area contributed by atoms with Gasteiger partial charge in [-0.05, 0) is 30.3 Å². The molecule has 4 nitrogen and oxygen atoms in total. The summed E-state index contributed by atoms with van der Waals surface area (Å²) in [4.78, 5) is 23.7. The van der Waals surface area contributed by atoms with Crippen LogP contribution in [0.1, 0.15) is 20.7 Å². The van der Waals surface area contributed by atoms with E-state index < -0.39 is 24.2 Å². The molecule has 0 saturated carbocycles. The summed E-state index contributed by atoms with van der Waals surface area (Å²) in [5.74, 6) is -1.28. The zero-order valence-corrected chi connectivity index (χ0v) is 11.3. The third-order valence-corrected chi connectivity index (χ3v) is 2.80. The fraction of sp³-hybridized carbons (Fsp3) is 0.125. The summed E-state index contributed by atoms with van der Waals surface area (Å²) in [5, 5.41) is 0. The Kier molecular flexibility index (Phi) is 4.66. The maximum atomic E-state index is 13.0. The molecule has 0 aromatic heterocycles. The molecule has 0 radical (unpaired) electrons. The van der Waals surface area contributed by atoms with Crippen LogP contribution in [0.4, 0.5) is 4.39 Å². The molecule has 0 unspecified atom stereocenters. The number of hydrogen-bond acceptors (Lipinski definition) is 4. The number of hydrogen-bond donors (Lipinski definition) is 0. The molecular formula is C16H13FO4. The standard InChI is InChI=1S/C16H13FO4/c1-20-15-8-3-2-7-13(15)14(18)10-21-16(19)11-5-4-6-12(17)9-11/h2-9H,10H2,1H3. The molecule has 2 aromatic carbocycles. The van der Waals surface area contributed by atoms with Crippen LogP contribution in [-0.4, -0.2) is 25.5 Å². The fourth-order valence-electron chi connectivity index (χ4n) is 1.78. The van der Waals surface area contributed by atoms with E-state index in [4.69, 9.17) is 9.47 Å². The van der Waals surface area contributed by atoms with Crippen LogP contribution in [0.15, 0.2) is 48.5 Å². The minimum Gasteiger partial charge on any atom is -0.496 e. The third-order valence-electron chi connectivity index (χ3n) is 2.80. The Morgan fingerprint density at radius 1 is 1.10 bits per heavy atom. The first-order valence-electron chi connectivity index (χ1n) is 6.20. The van der Waals surface area contributed by atoms with Crippen molar-refractivity contribution in [3.63, 3.8) is 0 Å². The van der Waals surface area contributed by atoms with Crippen molar-refractivity contribution in [2.45, 2.75) is 0 Å². The molecule has 0 amide bonds. The van der Waals surface area contributed by atoms with Gasteiger partial charge in [-0.25, -0.2) is 9.18 Å². The van der Waals surface area contributed by atoms with Crippen molar-refractivity contribution in [1.82, 2.24) is 0 Å². The molecule has 0 spiro atoms. The Morgan fingerprint density at radius 2 is 1.86 bits per heavy atom. The maximum Gasteiger partial charge on any atom is 0.338 e. The molecule has 0 N–H and O–H groups in total. The zero-order valence-electron chi connectivity index (χ0n) is 11.3. The average molecular weight is 288 g/mol. The number of carbonyl (C=O) groups excluding carboxylic acids is 2. The van der Waals surface area contributed by atoms with Crippen molar-refractivity contribution in [1.29, 1.82) is 0 Å². The second-order valence-electron chi connectivity index (χ2n) is 4.21. The number of rotatable bonds is 5. The van der Waals surface area contributed by atoms with Gasteiger partial charge < -0.3 is 9.47 Å². The number of halogens is 1. The van der Waals surface area contributed by atoms with Gasteiger partial charge in [0.05, 0.1) is 18.2 Å². The Hall–Kier alpha value is -2.69. The average Bonchev–Trinajstić information content (AvgIpc) is 2.52. The molecule has 108 valence electrons. The van der Waals surface area contributed by atoms with Crippen LogP contribution in [0.5, 0.6) is 5.75 Å². The largest absolute Gasteiger partial charge is 0.496 e. The summed E-state index contributed by atoms with van der Waals surface area (Å²) in [5.41, 5.74) is 0.384. The lowest BCUT2D eigenvalue weighted by Crippen LogP contribution is -2.15. The Bertz CT molecular complexity index is 667. The number of ketones is 1. The lowest BCUT2D eigenvalue weighted by atomic mass is 10.1. The molecule has 21 heavy (non-hydrogen) atoms. The predicted molar refractivity (Wildman–Crippen MR) is 74.0 cm³/mol. The predicted octanol–water partition coefficient (Wildman–Crippen LogP) is 2.87. The van der Waals surface area contributed by atoms with E-state index in [1.807, 2.05) is 0 Å². The minimum atomic E-state index is -0.752. The van der Waals surface area contributed by atoms with Crippen LogP contribution in [0.3, 0.4) is 0 Å². The van der Waals surface area contributed by atoms with Gasteiger partial charge in [-0.1, -0.05) is 18.2 Å². The zero-order chi connectivity index (χ0) is 15.2. The number of methoxy groups -OCH3 is 1. The van der Waals surface area contributed by atoms with Gasteiger partial charge in [-0.15, -0.1) is 0 Å². The van der Waals surface area contributed by atoms with Gasteiger partial charge >= 0.3 is 5.97 Å². The van der Waals surface area contributed by atoms with Gasteiger partial charge in [0.15, 0.2) is 6.61 Å². The molecule has 0 fully saturated rings. The lowest BCUT2D eigenvalue weighted by molar-refractivity contribution is 0.0473. The molecule has 0 atom stereocenters. The highest BCUT2D eigenvalue weighted by Crippen LogP contribution is 2.18. The minimum absolute atomic E-state index is 0.0582. The first kappa shape index (κ1) is 14.7. The summed E-state index contributed by atoms with van der Waals surface area (Å²) >= 11 is 0. The molecule has 0 aliphatic carbocycles. The maximum absolute atomic E-state index is 13.0. The highest BCUT2D eigenvalue weighted by molar-refractivity contribution is 6.01. The van der Waals surface area contributed by atoms with E-state index in [0.29, 0.717) is 11.3 Å². The highest BCUT2D eigenvalue weighted by atomic mass is 19.1. The van der Waals surface area contributed by atoms with Crippen molar-refractivity contribution >= 4 is 11.8 Å². The van der Waals surface area contributed by atoms with E-state index in [-0.39, 0.29) is 5.56 Å². The summed E-state index contributed by atoms with van der Waals surface area (Å²) in [6.07, 6.45) is 0. The smallest absolute Gasteiger partial charge is 0.338 e. The SMILES string of the molecule is COc1ccccc1C(=O)COC(=O)c1cccc(F)c1. The van der Waals surface area contributed by atoms with Crippen molar-refractivity contribution in [2.75, 3.05) is 13.7 Å². The number of esters is 1. The van der Waals surface area contributed by atoms with E-state index in [1.165, 1.54) is 25.3 Å². The Morgan fingerprint density at radius 3 is 2.57 bits per heavy atom. The Balaban J connectivity index is 2.02. The van der Waals surface area contributed by atoms with Gasteiger partial charge in [0.25, 0.3) is 0 Å². The van der Waals surface area contributed by atoms with E-state index in [9.17, 15) is 14.0 Å². The summed E-state index contributed by atoms with van der Waals surface area (Å²) in [6.45, 7) is -0.435. The normalized spacial score (nSPS) is 10.0. The number of Topliss-reactive ketones (excluding diaryl/α,β-unsaturated/α-hetero) is 1. The number of ether oxygens (including phenoxy) is 2.